The Hall–Kier alpha value is -0.570. The predicted octanol–water partition coefficient (Wildman–Crippen LogP) is 2.19. The molecule has 1 atom stereocenters. The van der Waals surface area contributed by atoms with Crippen molar-refractivity contribution < 1.29 is 4.74 Å². The number of ether oxygens (including phenoxy) is 1. The van der Waals surface area contributed by atoms with Crippen molar-refractivity contribution >= 4 is 11.6 Å². The van der Waals surface area contributed by atoms with Gasteiger partial charge in [0.15, 0.2) is 0 Å². The molecule has 2 rings (SSSR count). The van der Waals surface area contributed by atoms with Gasteiger partial charge in [-0.1, -0.05) is 17.7 Å². The molecule has 0 aromatic heterocycles. The Bertz CT molecular complexity index is 295. The van der Waals surface area contributed by atoms with E-state index in [0.717, 1.165) is 30.2 Å². The second-order valence-electron chi connectivity index (χ2n) is 3.38. The second-order valence-corrected chi connectivity index (χ2v) is 3.79. The summed E-state index contributed by atoms with van der Waals surface area (Å²) in [5, 5.41) is 4.19. The number of rotatable bonds is 1. The first-order valence-corrected chi connectivity index (χ1v) is 5.22. The lowest BCUT2D eigenvalue weighted by atomic mass is 10.1. The zero-order valence-electron chi connectivity index (χ0n) is 7.92. The van der Waals surface area contributed by atoms with Crippen molar-refractivity contribution in [1.82, 2.24) is 5.32 Å². The van der Waals surface area contributed by atoms with Crippen molar-refractivity contribution in [2.45, 2.75) is 12.5 Å². The molecule has 0 spiro atoms. The summed E-state index contributed by atoms with van der Waals surface area (Å²) >= 11 is 6.10. The Morgan fingerprint density at radius 1 is 1.57 bits per heavy atom. The maximum atomic E-state index is 6.10. The maximum Gasteiger partial charge on any atom is 0.0662 e. The van der Waals surface area contributed by atoms with E-state index in [-0.39, 0.29) is 6.04 Å². The van der Waals surface area contributed by atoms with Crippen molar-refractivity contribution in [1.29, 1.82) is 0 Å². The predicted molar refractivity (Wildman–Crippen MR) is 56.5 cm³/mol. The molecule has 0 aliphatic carbocycles. The number of hydrogen-bond donors (Lipinski definition) is 1. The first kappa shape index (κ1) is 9.97. The highest BCUT2D eigenvalue weighted by atomic mass is 35.5. The van der Waals surface area contributed by atoms with Gasteiger partial charge >= 0.3 is 0 Å². The normalized spacial score (nSPS) is 23.1. The minimum Gasteiger partial charge on any atom is -0.379 e. The smallest absolute Gasteiger partial charge is 0.0662 e. The fourth-order valence-electron chi connectivity index (χ4n) is 1.60. The van der Waals surface area contributed by atoms with Crippen LogP contribution in [0.15, 0.2) is 18.2 Å². The third-order valence-electron chi connectivity index (χ3n) is 2.36. The summed E-state index contributed by atoms with van der Waals surface area (Å²) in [6.07, 6.45) is 1.06. The second kappa shape index (κ2) is 4.78. The molecule has 1 saturated heterocycles. The van der Waals surface area contributed by atoms with Crippen LogP contribution in [0.2, 0.25) is 5.02 Å². The summed E-state index contributed by atoms with van der Waals surface area (Å²) in [6, 6.07) is 8.86. The molecule has 1 aromatic carbocycles. The van der Waals surface area contributed by atoms with E-state index >= 15 is 0 Å². The number of halogens is 1. The van der Waals surface area contributed by atoms with Gasteiger partial charge in [0.2, 0.25) is 0 Å². The van der Waals surface area contributed by atoms with Gasteiger partial charge in [-0.15, -0.1) is 0 Å². The molecule has 0 bridgehead atoms. The Kier molecular flexibility index (Phi) is 3.40. The van der Waals surface area contributed by atoms with Crippen molar-refractivity contribution in [3.63, 3.8) is 0 Å². The number of hydrogen-bond acceptors (Lipinski definition) is 2. The van der Waals surface area contributed by atoms with Crippen LogP contribution in [0, 0.1) is 6.07 Å². The SMILES string of the molecule is Clc1cc[c]cc1C1COCCCN1. The average molecular weight is 211 g/mol. The summed E-state index contributed by atoms with van der Waals surface area (Å²) in [6.45, 7) is 2.51. The molecule has 1 N–H and O–H groups in total. The first-order valence-electron chi connectivity index (χ1n) is 4.84. The maximum absolute atomic E-state index is 6.10. The molecule has 75 valence electrons. The zero-order chi connectivity index (χ0) is 9.80. The van der Waals surface area contributed by atoms with Gasteiger partial charge in [-0.05, 0) is 36.7 Å². The zero-order valence-corrected chi connectivity index (χ0v) is 8.68. The van der Waals surface area contributed by atoms with E-state index in [2.05, 4.69) is 11.4 Å². The lowest BCUT2D eigenvalue weighted by Gasteiger charge is -2.16. The van der Waals surface area contributed by atoms with Gasteiger partial charge in [-0.3, -0.25) is 0 Å². The quantitative estimate of drug-likeness (QED) is 0.768. The minimum atomic E-state index is 0.211. The van der Waals surface area contributed by atoms with Crippen LogP contribution in [0.4, 0.5) is 0 Å². The molecule has 2 nitrogen and oxygen atoms in total. The van der Waals surface area contributed by atoms with E-state index < -0.39 is 0 Å². The topological polar surface area (TPSA) is 21.3 Å². The molecule has 0 amide bonds. The van der Waals surface area contributed by atoms with E-state index in [1.807, 2.05) is 18.2 Å². The molecule has 1 aromatic rings. The highest BCUT2D eigenvalue weighted by molar-refractivity contribution is 6.31. The minimum absolute atomic E-state index is 0.211. The summed E-state index contributed by atoms with van der Waals surface area (Å²) < 4.78 is 5.48. The van der Waals surface area contributed by atoms with Gasteiger partial charge in [-0.2, -0.15) is 0 Å². The summed E-state index contributed by atoms with van der Waals surface area (Å²) in [5.74, 6) is 0. The molecule has 1 unspecified atom stereocenters. The van der Waals surface area contributed by atoms with E-state index in [1.165, 1.54) is 0 Å². The molecule has 1 radical (unpaired) electrons. The molecule has 1 aliphatic rings. The van der Waals surface area contributed by atoms with Crippen LogP contribution in [0.3, 0.4) is 0 Å². The van der Waals surface area contributed by atoms with Crippen LogP contribution in [-0.4, -0.2) is 19.8 Å². The standard InChI is InChI=1S/C11H13ClNO/c12-10-5-2-1-4-9(10)11-8-14-7-3-6-13-11/h2,4-5,11,13H,3,6-8H2. The van der Waals surface area contributed by atoms with Crippen molar-refractivity contribution in [2.75, 3.05) is 19.8 Å². The van der Waals surface area contributed by atoms with Gasteiger partial charge in [0.25, 0.3) is 0 Å². The Labute approximate surface area is 89.2 Å². The highest BCUT2D eigenvalue weighted by Gasteiger charge is 2.15. The monoisotopic (exact) mass is 210 g/mol. The van der Waals surface area contributed by atoms with Crippen LogP contribution >= 0.6 is 11.6 Å². The average Bonchev–Trinajstić information content (AvgIpc) is 2.47. The molecule has 1 aliphatic heterocycles. The van der Waals surface area contributed by atoms with E-state index in [9.17, 15) is 0 Å². The van der Waals surface area contributed by atoms with Gasteiger partial charge in [0.1, 0.15) is 0 Å². The molecule has 1 fully saturated rings. The largest absolute Gasteiger partial charge is 0.379 e. The van der Waals surface area contributed by atoms with Crippen LogP contribution in [0.1, 0.15) is 18.0 Å². The summed E-state index contributed by atoms with van der Waals surface area (Å²) in [4.78, 5) is 0. The van der Waals surface area contributed by atoms with E-state index in [1.54, 1.807) is 0 Å². The summed E-state index contributed by atoms with van der Waals surface area (Å²) in [7, 11) is 0. The molecule has 3 heteroatoms. The summed E-state index contributed by atoms with van der Waals surface area (Å²) in [5.41, 5.74) is 1.08. The van der Waals surface area contributed by atoms with E-state index in [0.29, 0.717) is 6.61 Å². The Morgan fingerprint density at radius 2 is 2.50 bits per heavy atom. The van der Waals surface area contributed by atoms with Crippen LogP contribution in [0.25, 0.3) is 0 Å². The highest BCUT2D eigenvalue weighted by Crippen LogP contribution is 2.23. The molecule has 14 heavy (non-hydrogen) atoms. The molecule has 0 saturated carbocycles. The first-order chi connectivity index (χ1) is 6.88. The Morgan fingerprint density at radius 3 is 3.36 bits per heavy atom. The van der Waals surface area contributed by atoms with Crippen LogP contribution in [-0.2, 0) is 4.74 Å². The van der Waals surface area contributed by atoms with Crippen molar-refractivity contribution in [3.05, 3.63) is 34.9 Å². The van der Waals surface area contributed by atoms with Gasteiger partial charge < -0.3 is 10.1 Å². The fraction of sp³-hybridized carbons (Fsp3) is 0.455. The van der Waals surface area contributed by atoms with Crippen LogP contribution < -0.4 is 5.32 Å². The fourth-order valence-corrected chi connectivity index (χ4v) is 1.85. The van der Waals surface area contributed by atoms with Crippen molar-refractivity contribution in [3.8, 4) is 0 Å². The van der Waals surface area contributed by atoms with Crippen molar-refractivity contribution in [2.24, 2.45) is 0 Å². The number of benzene rings is 1. The molecule has 1 heterocycles. The van der Waals surface area contributed by atoms with Crippen LogP contribution in [0.5, 0.6) is 0 Å². The lowest BCUT2D eigenvalue weighted by Crippen LogP contribution is -2.23. The molecular weight excluding hydrogens is 198 g/mol. The Balaban J connectivity index is 2.16. The lowest BCUT2D eigenvalue weighted by molar-refractivity contribution is 0.131. The molecular formula is C11H13ClNO. The van der Waals surface area contributed by atoms with Gasteiger partial charge in [0.05, 0.1) is 12.6 Å². The third kappa shape index (κ3) is 2.27. The van der Waals surface area contributed by atoms with E-state index in [4.69, 9.17) is 16.3 Å². The number of nitrogens with one attached hydrogen (secondary N) is 1. The third-order valence-corrected chi connectivity index (χ3v) is 2.70. The van der Waals surface area contributed by atoms with Gasteiger partial charge in [-0.25, -0.2) is 0 Å². The van der Waals surface area contributed by atoms with Gasteiger partial charge in [0, 0.05) is 11.6 Å².